The van der Waals surface area contributed by atoms with Gasteiger partial charge in [-0.3, -0.25) is 9.67 Å². The van der Waals surface area contributed by atoms with Crippen molar-refractivity contribution in [3.05, 3.63) is 36.9 Å². The van der Waals surface area contributed by atoms with E-state index in [1.807, 2.05) is 0 Å². The van der Waals surface area contributed by atoms with E-state index in [1.165, 1.54) is 23.3 Å². The predicted octanol–water partition coefficient (Wildman–Crippen LogP) is 2.26. The highest BCUT2D eigenvalue weighted by molar-refractivity contribution is 7.87. The fourth-order valence-electron chi connectivity index (χ4n) is 2.03. The molecule has 24 heavy (non-hydrogen) atoms. The van der Waals surface area contributed by atoms with E-state index >= 15 is 0 Å². The predicted molar refractivity (Wildman–Crippen MR) is 77.3 cm³/mol. The molecule has 0 spiro atoms. The third-order valence-corrected chi connectivity index (χ3v) is 4.04. The molecule has 126 valence electrons. The Kier molecular flexibility index (Phi) is 3.67. The normalized spacial score (nSPS) is 12.5. The lowest BCUT2D eigenvalue weighted by molar-refractivity contribution is -0.0501. The van der Waals surface area contributed by atoms with Crippen LogP contribution in [0.3, 0.4) is 0 Å². The third-order valence-electron chi connectivity index (χ3n) is 3.08. The van der Waals surface area contributed by atoms with Crippen LogP contribution in [0.2, 0.25) is 0 Å². The summed E-state index contributed by atoms with van der Waals surface area (Å²) in [5.41, 5.74) is -4.51. The van der Waals surface area contributed by atoms with Crippen molar-refractivity contribution in [3.63, 3.8) is 0 Å². The second-order valence-electron chi connectivity index (χ2n) is 4.79. The number of nitrogens with zero attached hydrogens (tertiary/aromatic N) is 4. The number of rotatable bonds is 3. The van der Waals surface area contributed by atoms with Crippen LogP contribution in [0.1, 0.15) is 0 Å². The second-order valence-corrected chi connectivity index (χ2v) is 6.33. The van der Waals surface area contributed by atoms with Crippen molar-refractivity contribution >= 4 is 20.9 Å². The van der Waals surface area contributed by atoms with E-state index in [0.29, 0.717) is 22.0 Å². The molecule has 3 rings (SSSR count). The Morgan fingerprint density at radius 1 is 1.21 bits per heavy atom. The minimum Gasteiger partial charge on any atom is -0.355 e. The zero-order chi connectivity index (χ0) is 17.5. The van der Waals surface area contributed by atoms with Crippen LogP contribution in [0.25, 0.3) is 22.0 Å². The topological polar surface area (TPSA) is 87.0 Å². The maximum Gasteiger partial charge on any atom is 0.534 e. The first-order valence-electron chi connectivity index (χ1n) is 6.42. The van der Waals surface area contributed by atoms with E-state index in [9.17, 15) is 21.6 Å². The molecule has 0 radical (unpaired) electrons. The third kappa shape index (κ3) is 2.89. The van der Waals surface area contributed by atoms with Gasteiger partial charge in [0.15, 0.2) is 0 Å². The highest BCUT2D eigenvalue weighted by Gasteiger charge is 2.48. The Morgan fingerprint density at radius 3 is 2.58 bits per heavy atom. The summed E-state index contributed by atoms with van der Waals surface area (Å²) in [6.07, 6.45) is 5.89. The summed E-state index contributed by atoms with van der Waals surface area (Å²) < 4.78 is 65.0. The number of alkyl halides is 3. The highest BCUT2D eigenvalue weighted by atomic mass is 32.2. The molecule has 0 atom stereocenters. The van der Waals surface area contributed by atoms with Crippen molar-refractivity contribution in [2.45, 2.75) is 5.51 Å². The van der Waals surface area contributed by atoms with E-state index in [1.54, 1.807) is 19.3 Å². The number of pyridine rings is 2. The van der Waals surface area contributed by atoms with E-state index in [2.05, 4.69) is 19.2 Å². The molecule has 0 aliphatic heterocycles. The van der Waals surface area contributed by atoms with Crippen LogP contribution in [0.4, 0.5) is 13.2 Å². The summed E-state index contributed by atoms with van der Waals surface area (Å²) >= 11 is 0. The van der Waals surface area contributed by atoms with Gasteiger partial charge in [-0.05, 0) is 6.07 Å². The molecule has 3 aromatic heterocycles. The van der Waals surface area contributed by atoms with Crippen LogP contribution < -0.4 is 4.18 Å². The Bertz CT molecular complexity index is 1010. The van der Waals surface area contributed by atoms with Gasteiger partial charge in [0.1, 0.15) is 0 Å². The van der Waals surface area contributed by atoms with Gasteiger partial charge in [-0.2, -0.15) is 26.7 Å². The van der Waals surface area contributed by atoms with Crippen molar-refractivity contribution < 1.29 is 25.8 Å². The summed E-state index contributed by atoms with van der Waals surface area (Å²) in [7, 11) is -4.10. The van der Waals surface area contributed by atoms with Crippen LogP contribution in [-0.4, -0.2) is 33.7 Å². The summed E-state index contributed by atoms with van der Waals surface area (Å²) in [6.45, 7) is 0. The first kappa shape index (κ1) is 16.2. The lowest BCUT2D eigenvalue weighted by Crippen LogP contribution is -2.28. The Labute approximate surface area is 133 Å². The average molecular weight is 358 g/mol. The molecule has 11 heteroatoms. The lowest BCUT2D eigenvalue weighted by atomic mass is 10.1. The van der Waals surface area contributed by atoms with Crippen LogP contribution in [0.15, 0.2) is 36.9 Å². The van der Waals surface area contributed by atoms with Crippen molar-refractivity contribution in [2.75, 3.05) is 0 Å². The molecule has 0 saturated heterocycles. The number of aromatic nitrogens is 4. The quantitative estimate of drug-likeness (QED) is 0.527. The molecule has 0 unspecified atom stereocenters. The average Bonchev–Trinajstić information content (AvgIpc) is 2.91. The molecule has 0 aromatic carbocycles. The van der Waals surface area contributed by atoms with Crippen LogP contribution in [-0.2, 0) is 17.2 Å². The zero-order valence-electron chi connectivity index (χ0n) is 12.0. The van der Waals surface area contributed by atoms with Crippen molar-refractivity contribution in [2.24, 2.45) is 7.05 Å². The van der Waals surface area contributed by atoms with Gasteiger partial charge >= 0.3 is 15.6 Å². The van der Waals surface area contributed by atoms with E-state index in [4.69, 9.17) is 0 Å². The summed E-state index contributed by atoms with van der Waals surface area (Å²) in [5.74, 6) is -0.696. The molecule has 0 amide bonds. The monoisotopic (exact) mass is 358 g/mol. The minimum absolute atomic E-state index is 0.382. The van der Waals surface area contributed by atoms with Gasteiger partial charge in [-0.1, -0.05) is 0 Å². The second kappa shape index (κ2) is 5.44. The highest BCUT2D eigenvalue weighted by Crippen LogP contribution is 2.30. The molecule has 0 aliphatic rings. The maximum atomic E-state index is 12.4. The van der Waals surface area contributed by atoms with Crippen LogP contribution in [0, 0.1) is 0 Å². The number of hydrogen-bond acceptors (Lipinski definition) is 6. The SMILES string of the molecule is Cn1cc(-c2nccc3cnc(OS(=O)(=O)C(F)(F)F)cc23)cn1. The molecular weight excluding hydrogens is 349 g/mol. The molecule has 7 nitrogen and oxygen atoms in total. The van der Waals surface area contributed by atoms with Crippen molar-refractivity contribution in [3.8, 4) is 17.1 Å². The van der Waals surface area contributed by atoms with Crippen LogP contribution >= 0.6 is 0 Å². The fraction of sp³-hybridized carbons (Fsp3) is 0.154. The number of fused-ring (bicyclic) bond motifs is 1. The minimum atomic E-state index is -5.79. The van der Waals surface area contributed by atoms with Gasteiger partial charge in [-0.15, -0.1) is 0 Å². The lowest BCUT2D eigenvalue weighted by Gasteiger charge is -2.10. The van der Waals surface area contributed by atoms with Gasteiger partial charge < -0.3 is 4.18 Å². The van der Waals surface area contributed by atoms with Crippen LogP contribution in [0.5, 0.6) is 5.88 Å². The molecule has 3 heterocycles. The molecule has 0 N–H and O–H groups in total. The van der Waals surface area contributed by atoms with Crippen molar-refractivity contribution in [1.82, 2.24) is 19.7 Å². The van der Waals surface area contributed by atoms with Crippen molar-refractivity contribution in [1.29, 1.82) is 0 Å². The molecule has 3 aromatic rings. The van der Waals surface area contributed by atoms with E-state index < -0.39 is 21.5 Å². The number of hydrogen-bond donors (Lipinski definition) is 0. The molecular formula is C13H9F3N4O3S. The van der Waals surface area contributed by atoms with E-state index in [0.717, 1.165) is 6.07 Å². The largest absolute Gasteiger partial charge is 0.534 e. The summed E-state index contributed by atoms with van der Waals surface area (Å²) in [4.78, 5) is 7.76. The number of aryl methyl sites for hydroxylation is 1. The molecule has 0 saturated carbocycles. The number of halogens is 3. The Morgan fingerprint density at radius 2 is 1.96 bits per heavy atom. The standard InChI is InChI=1S/C13H9F3N4O3S/c1-20-7-9(6-19-20)12-10-4-11(18-5-8(10)2-3-17-12)23-24(21,22)13(14,15)16/h2-7H,1H3. The zero-order valence-corrected chi connectivity index (χ0v) is 12.8. The van der Waals surface area contributed by atoms with Gasteiger partial charge in [0.25, 0.3) is 0 Å². The Balaban J connectivity index is 2.11. The van der Waals surface area contributed by atoms with Gasteiger partial charge in [0.05, 0.1) is 11.9 Å². The van der Waals surface area contributed by atoms with Gasteiger partial charge in [0.2, 0.25) is 5.88 Å². The van der Waals surface area contributed by atoms with Gasteiger partial charge in [0, 0.05) is 48.0 Å². The first-order chi connectivity index (χ1) is 11.2. The first-order valence-corrected chi connectivity index (χ1v) is 7.83. The van der Waals surface area contributed by atoms with E-state index in [-0.39, 0.29) is 0 Å². The molecule has 0 fully saturated rings. The molecule has 0 aliphatic carbocycles. The molecule has 0 bridgehead atoms. The van der Waals surface area contributed by atoms with Gasteiger partial charge in [-0.25, -0.2) is 4.98 Å². The smallest absolute Gasteiger partial charge is 0.355 e. The summed E-state index contributed by atoms with van der Waals surface area (Å²) in [6, 6.07) is 2.68. The fourth-order valence-corrected chi connectivity index (χ4v) is 2.44. The maximum absolute atomic E-state index is 12.4. The summed E-state index contributed by atoms with van der Waals surface area (Å²) in [5, 5.41) is 4.94. The Hall–Kier alpha value is -2.69.